The van der Waals surface area contributed by atoms with Crippen LogP contribution in [-0.2, 0) is 6.61 Å². The topological polar surface area (TPSA) is 42.7 Å². The van der Waals surface area contributed by atoms with E-state index in [0.29, 0.717) is 6.61 Å². The van der Waals surface area contributed by atoms with Gasteiger partial charge in [0.1, 0.15) is 18.7 Å². The van der Waals surface area contributed by atoms with Crippen LogP contribution in [0.15, 0.2) is 61.1 Å². The van der Waals surface area contributed by atoms with E-state index in [9.17, 15) is 0 Å². The van der Waals surface area contributed by atoms with Gasteiger partial charge in [-0.05, 0) is 30.9 Å². The molecule has 0 spiro atoms. The van der Waals surface area contributed by atoms with Crippen LogP contribution in [0.5, 0.6) is 5.75 Å². The van der Waals surface area contributed by atoms with Gasteiger partial charge in [-0.2, -0.15) is 5.10 Å². The number of piperidine rings is 1. The number of nitrogens with zero attached hydrogens (tertiary/aromatic N) is 4. The fourth-order valence-electron chi connectivity index (χ4n) is 3.93. The van der Waals surface area contributed by atoms with Crippen LogP contribution in [0.2, 0.25) is 0 Å². The van der Waals surface area contributed by atoms with Crippen molar-refractivity contribution < 1.29 is 4.74 Å². The standard InChI is InChI=1S/C22H22N4O/c1-3-8-17(9-4-1)15-27-20-14-26-22(23-16-24-26)21-18(20)10-7-11-19(21)25-12-5-2-6-13-25/h1,3-4,7-11,14,16H,2,5-6,12-13,15H2. The highest BCUT2D eigenvalue weighted by atomic mass is 16.5. The molecule has 2 aromatic heterocycles. The van der Waals surface area contributed by atoms with Crippen LogP contribution in [0, 0.1) is 0 Å². The van der Waals surface area contributed by atoms with Gasteiger partial charge in [0.15, 0.2) is 5.65 Å². The number of hydrogen-bond acceptors (Lipinski definition) is 4. The monoisotopic (exact) mass is 358 g/mol. The lowest BCUT2D eigenvalue weighted by molar-refractivity contribution is 0.308. The van der Waals surface area contributed by atoms with Crippen molar-refractivity contribution in [3.63, 3.8) is 0 Å². The molecule has 2 aromatic carbocycles. The smallest absolute Gasteiger partial charge is 0.165 e. The van der Waals surface area contributed by atoms with E-state index in [-0.39, 0.29) is 0 Å². The van der Waals surface area contributed by atoms with Crippen molar-refractivity contribution in [1.29, 1.82) is 0 Å². The molecule has 0 saturated carbocycles. The molecule has 1 aliphatic heterocycles. The third-order valence-corrected chi connectivity index (χ3v) is 5.28. The molecule has 0 atom stereocenters. The first-order chi connectivity index (χ1) is 13.4. The van der Waals surface area contributed by atoms with Crippen LogP contribution in [0.4, 0.5) is 5.69 Å². The summed E-state index contributed by atoms with van der Waals surface area (Å²) in [5.41, 5.74) is 3.27. The van der Waals surface area contributed by atoms with E-state index in [1.165, 1.54) is 24.9 Å². The van der Waals surface area contributed by atoms with Gasteiger partial charge in [0.25, 0.3) is 0 Å². The Morgan fingerprint density at radius 3 is 2.63 bits per heavy atom. The quantitative estimate of drug-likeness (QED) is 0.540. The number of benzene rings is 2. The summed E-state index contributed by atoms with van der Waals surface area (Å²) in [6, 6.07) is 16.7. The molecule has 0 N–H and O–H groups in total. The van der Waals surface area contributed by atoms with Gasteiger partial charge in [0, 0.05) is 24.2 Å². The molecule has 0 bridgehead atoms. The SMILES string of the molecule is c1ccc(COc2cn3ncnc3c3c(N4CCCCC4)cccc23)cc1. The second-order valence-electron chi connectivity index (χ2n) is 7.04. The molecule has 0 aliphatic carbocycles. The lowest BCUT2D eigenvalue weighted by Crippen LogP contribution is -2.29. The summed E-state index contributed by atoms with van der Waals surface area (Å²) < 4.78 is 8.05. The molecule has 5 nitrogen and oxygen atoms in total. The maximum atomic E-state index is 6.22. The zero-order valence-electron chi connectivity index (χ0n) is 15.2. The van der Waals surface area contributed by atoms with Crippen molar-refractivity contribution in [2.75, 3.05) is 18.0 Å². The summed E-state index contributed by atoms with van der Waals surface area (Å²) in [6.45, 7) is 2.72. The summed E-state index contributed by atoms with van der Waals surface area (Å²) in [7, 11) is 0. The lowest BCUT2D eigenvalue weighted by Gasteiger charge is -2.30. The average molecular weight is 358 g/mol. The van der Waals surface area contributed by atoms with Gasteiger partial charge in [0.05, 0.1) is 11.6 Å². The highest BCUT2D eigenvalue weighted by Crippen LogP contribution is 2.36. The van der Waals surface area contributed by atoms with Crippen molar-refractivity contribution in [1.82, 2.24) is 14.6 Å². The molecule has 1 fully saturated rings. The van der Waals surface area contributed by atoms with E-state index < -0.39 is 0 Å². The van der Waals surface area contributed by atoms with Crippen LogP contribution in [0.25, 0.3) is 16.4 Å². The number of hydrogen-bond donors (Lipinski definition) is 0. The first kappa shape index (κ1) is 16.1. The normalized spacial score (nSPS) is 14.7. The Morgan fingerprint density at radius 1 is 0.926 bits per heavy atom. The van der Waals surface area contributed by atoms with Gasteiger partial charge in [-0.3, -0.25) is 0 Å². The molecular formula is C22H22N4O. The molecular weight excluding hydrogens is 336 g/mol. The molecule has 4 aromatic rings. The first-order valence-electron chi connectivity index (χ1n) is 9.57. The fourth-order valence-corrected chi connectivity index (χ4v) is 3.93. The van der Waals surface area contributed by atoms with E-state index in [1.807, 2.05) is 28.9 Å². The van der Waals surface area contributed by atoms with Gasteiger partial charge in [-0.1, -0.05) is 42.5 Å². The average Bonchev–Trinajstić information content (AvgIpc) is 3.21. The summed E-state index contributed by atoms with van der Waals surface area (Å²) in [6.07, 6.45) is 7.34. The molecule has 136 valence electrons. The number of rotatable bonds is 4. The largest absolute Gasteiger partial charge is 0.487 e. The molecule has 1 aliphatic rings. The minimum absolute atomic E-state index is 0.532. The fraction of sp³-hybridized carbons (Fsp3) is 0.273. The zero-order valence-corrected chi connectivity index (χ0v) is 15.2. The number of ether oxygens (including phenoxy) is 1. The molecule has 5 rings (SSSR count). The van der Waals surface area contributed by atoms with Crippen LogP contribution in [-0.4, -0.2) is 27.7 Å². The Kier molecular flexibility index (Phi) is 4.13. The Balaban J connectivity index is 1.62. The first-order valence-corrected chi connectivity index (χ1v) is 9.57. The van der Waals surface area contributed by atoms with Crippen molar-refractivity contribution in [2.45, 2.75) is 25.9 Å². The summed E-state index contributed by atoms with van der Waals surface area (Å²) in [4.78, 5) is 7.01. The highest BCUT2D eigenvalue weighted by Gasteiger charge is 2.18. The van der Waals surface area contributed by atoms with Crippen LogP contribution < -0.4 is 9.64 Å². The predicted octanol–water partition coefficient (Wildman–Crippen LogP) is 4.45. The maximum Gasteiger partial charge on any atom is 0.165 e. The van der Waals surface area contributed by atoms with Crippen LogP contribution in [0.1, 0.15) is 24.8 Å². The molecule has 0 unspecified atom stereocenters. The van der Waals surface area contributed by atoms with E-state index in [1.54, 1.807) is 6.33 Å². The van der Waals surface area contributed by atoms with E-state index in [4.69, 9.17) is 4.74 Å². The van der Waals surface area contributed by atoms with Crippen LogP contribution in [0.3, 0.4) is 0 Å². The Bertz CT molecular complexity index is 1070. The maximum absolute atomic E-state index is 6.22. The summed E-state index contributed by atoms with van der Waals surface area (Å²) in [5.74, 6) is 0.839. The van der Waals surface area contributed by atoms with Crippen molar-refractivity contribution in [2.24, 2.45) is 0 Å². The van der Waals surface area contributed by atoms with Gasteiger partial charge in [0.2, 0.25) is 0 Å². The Morgan fingerprint density at radius 2 is 1.78 bits per heavy atom. The van der Waals surface area contributed by atoms with Gasteiger partial charge in [-0.15, -0.1) is 0 Å². The van der Waals surface area contributed by atoms with Gasteiger partial charge >= 0.3 is 0 Å². The highest BCUT2D eigenvalue weighted by molar-refractivity contribution is 6.06. The molecule has 0 amide bonds. The van der Waals surface area contributed by atoms with Crippen molar-refractivity contribution in [3.8, 4) is 5.75 Å². The van der Waals surface area contributed by atoms with Gasteiger partial charge < -0.3 is 9.64 Å². The molecule has 5 heteroatoms. The molecule has 3 heterocycles. The molecule has 0 radical (unpaired) electrons. The Labute approximate surface area is 158 Å². The number of pyridine rings is 1. The van der Waals surface area contributed by atoms with Gasteiger partial charge in [-0.25, -0.2) is 9.50 Å². The Hall–Kier alpha value is -3.08. The van der Waals surface area contributed by atoms with Crippen molar-refractivity contribution >= 4 is 22.1 Å². The zero-order chi connectivity index (χ0) is 18.1. The van der Waals surface area contributed by atoms with E-state index >= 15 is 0 Å². The van der Waals surface area contributed by atoms with Crippen molar-refractivity contribution in [3.05, 3.63) is 66.6 Å². The second kappa shape index (κ2) is 6.91. The minimum atomic E-state index is 0.532. The minimum Gasteiger partial charge on any atom is -0.487 e. The second-order valence-corrected chi connectivity index (χ2v) is 7.04. The number of anilines is 1. The van der Waals surface area contributed by atoms with Crippen LogP contribution >= 0.6 is 0 Å². The third-order valence-electron chi connectivity index (χ3n) is 5.28. The molecule has 1 saturated heterocycles. The molecule has 27 heavy (non-hydrogen) atoms. The third kappa shape index (κ3) is 2.99. The lowest BCUT2D eigenvalue weighted by atomic mass is 10.1. The number of fused-ring (bicyclic) bond motifs is 3. The summed E-state index contributed by atoms with van der Waals surface area (Å²) >= 11 is 0. The van der Waals surface area contributed by atoms with E-state index in [2.05, 4.69) is 45.3 Å². The van der Waals surface area contributed by atoms with E-state index in [0.717, 1.165) is 40.8 Å². The predicted molar refractivity (Wildman–Crippen MR) is 107 cm³/mol. The summed E-state index contributed by atoms with van der Waals surface area (Å²) in [5, 5.41) is 6.60. The number of aromatic nitrogens is 3.